The molecule has 61 heavy (non-hydrogen) atoms. The van der Waals surface area contributed by atoms with Crippen LogP contribution in [0.25, 0.3) is 10.9 Å². The minimum Gasteiger partial charge on any atom is -0.491 e. The lowest BCUT2D eigenvalue weighted by Gasteiger charge is -2.32. The highest BCUT2D eigenvalue weighted by molar-refractivity contribution is 6.24. The van der Waals surface area contributed by atoms with Crippen molar-refractivity contribution in [3.05, 3.63) is 95.4 Å². The van der Waals surface area contributed by atoms with Crippen LogP contribution in [0.5, 0.6) is 11.5 Å². The van der Waals surface area contributed by atoms with Gasteiger partial charge in [0, 0.05) is 36.2 Å². The van der Waals surface area contributed by atoms with E-state index in [0.717, 1.165) is 47.0 Å². The van der Waals surface area contributed by atoms with E-state index in [1.54, 1.807) is 42.6 Å². The van der Waals surface area contributed by atoms with Crippen LogP contribution in [0, 0.1) is 17.7 Å². The number of pyridine rings is 1. The first-order chi connectivity index (χ1) is 29.6. The van der Waals surface area contributed by atoms with Crippen LogP contribution in [-0.2, 0) is 28.7 Å². The van der Waals surface area contributed by atoms with Gasteiger partial charge in [-0.2, -0.15) is 0 Å². The third kappa shape index (κ3) is 10.4. The van der Waals surface area contributed by atoms with Crippen molar-refractivity contribution in [3.8, 4) is 11.5 Å². The molecule has 0 bridgehead atoms. The SMILES string of the molecule is C[C@@H](C(=O)Nc1ccc(OCCOCCOCCNC(=O)COc2cccc3c2C(=O)N(C2CCC(=O)NC2=O)C3=O)cc1)[C@H]1CC[C@@H](c2ccnc3ccc(F)cc32)CC1. The summed E-state index contributed by atoms with van der Waals surface area (Å²) in [6.07, 6.45) is 5.53. The Bertz CT molecular complexity index is 2280. The largest absolute Gasteiger partial charge is 0.491 e. The fourth-order valence-corrected chi connectivity index (χ4v) is 8.13. The number of hydrogen-bond donors (Lipinski definition) is 3. The molecular formula is C45H48FN5O10. The molecule has 1 saturated carbocycles. The van der Waals surface area contributed by atoms with Crippen LogP contribution in [0.3, 0.4) is 0 Å². The summed E-state index contributed by atoms with van der Waals surface area (Å²) in [6.45, 7) is 3.22. The summed E-state index contributed by atoms with van der Waals surface area (Å²) in [5.74, 6) is -2.23. The van der Waals surface area contributed by atoms with Crippen molar-refractivity contribution in [3.63, 3.8) is 0 Å². The summed E-state index contributed by atoms with van der Waals surface area (Å²) in [5, 5.41) is 8.71. The maximum Gasteiger partial charge on any atom is 0.266 e. The lowest BCUT2D eigenvalue weighted by atomic mass is 9.73. The molecule has 2 fully saturated rings. The Morgan fingerprint density at radius 2 is 1.62 bits per heavy atom. The van der Waals surface area contributed by atoms with Crippen molar-refractivity contribution in [1.82, 2.24) is 20.5 Å². The molecule has 3 heterocycles. The smallest absolute Gasteiger partial charge is 0.266 e. The Balaban J connectivity index is 0.725. The zero-order valence-corrected chi connectivity index (χ0v) is 33.8. The first-order valence-corrected chi connectivity index (χ1v) is 20.5. The third-order valence-electron chi connectivity index (χ3n) is 11.4. The Labute approximate surface area is 351 Å². The number of fused-ring (bicyclic) bond motifs is 2. The van der Waals surface area contributed by atoms with Gasteiger partial charge in [-0.1, -0.05) is 13.0 Å². The van der Waals surface area contributed by atoms with E-state index >= 15 is 0 Å². The Morgan fingerprint density at radius 3 is 2.39 bits per heavy atom. The van der Waals surface area contributed by atoms with E-state index in [9.17, 15) is 33.2 Å². The van der Waals surface area contributed by atoms with Crippen LogP contribution >= 0.6 is 0 Å². The first-order valence-electron chi connectivity index (χ1n) is 20.5. The minimum absolute atomic E-state index is 0.00383. The van der Waals surface area contributed by atoms with Crippen LogP contribution in [0.1, 0.15) is 77.6 Å². The molecule has 6 amide bonds. The number of amides is 6. The van der Waals surface area contributed by atoms with Crippen LogP contribution in [0.15, 0.2) is 72.9 Å². The molecule has 1 aromatic heterocycles. The van der Waals surface area contributed by atoms with Gasteiger partial charge in [-0.25, -0.2) is 4.39 Å². The summed E-state index contributed by atoms with van der Waals surface area (Å²) in [6, 6.07) is 17.2. The van der Waals surface area contributed by atoms with E-state index in [1.165, 1.54) is 24.3 Å². The zero-order valence-electron chi connectivity index (χ0n) is 33.8. The molecule has 4 aromatic rings. The summed E-state index contributed by atoms with van der Waals surface area (Å²) < 4.78 is 36.4. The second kappa shape index (κ2) is 19.9. The number of nitrogens with zero attached hydrogens (tertiary/aromatic N) is 2. The molecule has 2 atom stereocenters. The molecule has 7 rings (SSSR count). The highest BCUT2D eigenvalue weighted by Gasteiger charge is 2.46. The molecule has 15 nitrogen and oxygen atoms in total. The molecule has 3 aromatic carbocycles. The second-order valence-electron chi connectivity index (χ2n) is 15.3. The van der Waals surface area contributed by atoms with E-state index in [0.29, 0.717) is 43.8 Å². The van der Waals surface area contributed by atoms with Crippen LogP contribution < -0.4 is 25.4 Å². The Morgan fingerprint density at radius 1 is 0.869 bits per heavy atom. The van der Waals surface area contributed by atoms with Crippen molar-refractivity contribution in [2.24, 2.45) is 11.8 Å². The number of anilines is 1. The lowest BCUT2D eigenvalue weighted by Crippen LogP contribution is -2.54. The van der Waals surface area contributed by atoms with Crippen molar-refractivity contribution in [2.45, 2.75) is 57.4 Å². The van der Waals surface area contributed by atoms with E-state index < -0.39 is 42.2 Å². The van der Waals surface area contributed by atoms with Gasteiger partial charge in [-0.05, 0) is 110 Å². The highest BCUT2D eigenvalue weighted by atomic mass is 19.1. The molecule has 2 aliphatic heterocycles. The number of carbonyl (C=O) groups excluding carboxylic acids is 6. The van der Waals surface area contributed by atoms with Gasteiger partial charge in [0.25, 0.3) is 17.7 Å². The van der Waals surface area contributed by atoms with Crippen LogP contribution in [-0.4, -0.2) is 97.6 Å². The molecule has 1 aliphatic carbocycles. The van der Waals surface area contributed by atoms with Gasteiger partial charge >= 0.3 is 0 Å². The van der Waals surface area contributed by atoms with Gasteiger partial charge in [-0.15, -0.1) is 0 Å². The standard InChI is InChI=1S/C45H48FN5O10/c1-27(28-5-7-29(8-6-28)33-17-18-47-36-14-9-30(46)25-35(33)36)42(54)49-31-10-12-32(13-11-31)60-24-23-59-22-21-58-20-19-48-40(53)26-61-38-4-2-3-34-41(38)45(57)51(44(34)56)37-15-16-39(52)50-43(37)55/h2-4,9-14,17-18,25,27-29,37H,5-8,15-16,19-24,26H2,1H3,(H,48,53)(H,49,54)(H,50,52,55)/t27-,28-,29+,37?/m1/s1. The molecule has 16 heteroatoms. The number of carbonyl (C=O) groups is 6. The molecular weight excluding hydrogens is 790 g/mol. The van der Waals surface area contributed by atoms with Gasteiger partial charge in [0.15, 0.2) is 6.61 Å². The fraction of sp³-hybridized carbons (Fsp3) is 0.400. The van der Waals surface area contributed by atoms with E-state index in [2.05, 4.69) is 20.9 Å². The average Bonchev–Trinajstić information content (AvgIpc) is 3.52. The monoisotopic (exact) mass is 837 g/mol. The maximum atomic E-state index is 14.0. The molecule has 0 radical (unpaired) electrons. The van der Waals surface area contributed by atoms with Gasteiger partial charge in [0.2, 0.25) is 17.7 Å². The Kier molecular flexibility index (Phi) is 14.0. The summed E-state index contributed by atoms with van der Waals surface area (Å²) in [5.41, 5.74) is 2.64. The quantitative estimate of drug-likeness (QED) is 0.0910. The van der Waals surface area contributed by atoms with Gasteiger partial charge in [0.05, 0.1) is 43.1 Å². The molecule has 3 aliphatic rings. The van der Waals surface area contributed by atoms with E-state index in [1.807, 2.05) is 13.0 Å². The number of ether oxygens (including phenoxy) is 4. The fourth-order valence-electron chi connectivity index (χ4n) is 8.13. The molecule has 0 spiro atoms. The van der Waals surface area contributed by atoms with Gasteiger partial charge < -0.3 is 29.6 Å². The van der Waals surface area contributed by atoms with Gasteiger partial charge in [-0.3, -0.25) is 44.0 Å². The molecule has 1 unspecified atom stereocenters. The van der Waals surface area contributed by atoms with E-state index in [-0.39, 0.29) is 66.4 Å². The van der Waals surface area contributed by atoms with Crippen LogP contribution in [0.2, 0.25) is 0 Å². The molecule has 3 N–H and O–H groups in total. The number of nitrogens with one attached hydrogen (secondary N) is 3. The van der Waals surface area contributed by atoms with Crippen LogP contribution in [0.4, 0.5) is 10.1 Å². The lowest BCUT2D eigenvalue weighted by molar-refractivity contribution is -0.136. The summed E-state index contributed by atoms with van der Waals surface area (Å²) in [4.78, 5) is 80.8. The topological polar surface area (TPSA) is 192 Å². The number of hydrogen-bond acceptors (Lipinski definition) is 11. The van der Waals surface area contributed by atoms with Crippen molar-refractivity contribution < 1.29 is 52.1 Å². The molecule has 1 saturated heterocycles. The van der Waals surface area contributed by atoms with Crippen molar-refractivity contribution in [1.29, 1.82) is 0 Å². The number of imide groups is 2. The number of piperidine rings is 1. The van der Waals surface area contributed by atoms with Gasteiger partial charge in [0.1, 0.15) is 30.0 Å². The normalized spacial score (nSPS) is 19.3. The average molecular weight is 838 g/mol. The number of rotatable bonds is 18. The third-order valence-corrected chi connectivity index (χ3v) is 11.4. The predicted octanol–water partition coefficient (Wildman–Crippen LogP) is 4.93. The van der Waals surface area contributed by atoms with Crippen molar-refractivity contribution in [2.75, 3.05) is 51.5 Å². The predicted molar refractivity (Wildman–Crippen MR) is 219 cm³/mol. The molecule has 320 valence electrons. The summed E-state index contributed by atoms with van der Waals surface area (Å²) in [7, 11) is 0. The van der Waals surface area contributed by atoms with Crippen molar-refractivity contribution >= 4 is 52.0 Å². The Hall–Kier alpha value is -6.26. The summed E-state index contributed by atoms with van der Waals surface area (Å²) >= 11 is 0. The second-order valence-corrected chi connectivity index (χ2v) is 15.3. The maximum absolute atomic E-state index is 14.0. The first kappa shape index (κ1) is 42.8. The highest BCUT2D eigenvalue weighted by Crippen LogP contribution is 2.41. The zero-order chi connectivity index (χ0) is 42.9. The van der Waals surface area contributed by atoms with E-state index in [4.69, 9.17) is 18.9 Å². The minimum atomic E-state index is -1.11. The number of aromatic nitrogens is 1. The number of halogens is 1. The number of benzene rings is 3.